The Balaban J connectivity index is 1.96. The number of fused-ring (bicyclic) bond motifs is 1. The first-order valence-corrected chi connectivity index (χ1v) is 5.61. The average Bonchev–Trinajstić information content (AvgIpc) is 2.87. The maximum atomic E-state index is 10.3. The Kier molecular flexibility index (Phi) is 2.19. The summed E-state index contributed by atoms with van der Waals surface area (Å²) in [6, 6.07) is 6.09. The molecule has 0 spiro atoms. The number of benzene rings is 1. The van der Waals surface area contributed by atoms with Crippen LogP contribution in [0.1, 0.15) is 12.0 Å². The van der Waals surface area contributed by atoms with Gasteiger partial charge in [0.15, 0.2) is 0 Å². The van der Waals surface area contributed by atoms with Gasteiger partial charge in [-0.3, -0.25) is 5.10 Å². The normalized spacial score (nSPS) is 25.3. The molecule has 1 saturated heterocycles. The monoisotopic (exact) mass is 217 g/mol. The molecule has 1 unspecified atom stereocenters. The molecule has 2 heterocycles. The number of nitrogens with zero attached hydrogens (tertiary/aromatic N) is 1. The Morgan fingerprint density at radius 3 is 3.19 bits per heavy atom. The third-order valence-electron chi connectivity index (χ3n) is 3.30. The standard InChI is InChI=1S/C12H15N3O/c16-12(4-5-13-8-12)6-9-2-1-3-10-7-14-15-11(9)10/h1-3,7,13,16H,4-6,8H2,(H,14,15). The van der Waals surface area contributed by atoms with Crippen molar-refractivity contribution >= 4 is 10.9 Å². The van der Waals surface area contributed by atoms with E-state index in [4.69, 9.17) is 0 Å². The second-order valence-corrected chi connectivity index (χ2v) is 4.58. The third kappa shape index (κ3) is 1.60. The number of β-amino-alcohol motifs (C(OH)–C–C–N with tert-alkyl or cyclic N) is 1. The van der Waals surface area contributed by atoms with Gasteiger partial charge < -0.3 is 10.4 Å². The second-order valence-electron chi connectivity index (χ2n) is 4.58. The van der Waals surface area contributed by atoms with Gasteiger partial charge in [0.05, 0.1) is 17.3 Å². The number of aromatic nitrogens is 2. The van der Waals surface area contributed by atoms with Gasteiger partial charge in [0.1, 0.15) is 0 Å². The van der Waals surface area contributed by atoms with Crippen LogP contribution in [0.3, 0.4) is 0 Å². The summed E-state index contributed by atoms with van der Waals surface area (Å²) in [4.78, 5) is 0. The predicted molar refractivity (Wildman–Crippen MR) is 62.2 cm³/mol. The number of rotatable bonds is 2. The van der Waals surface area contributed by atoms with Crippen molar-refractivity contribution in [2.45, 2.75) is 18.4 Å². The van der Waals surface area contributed by atoms with E-state index in [0.717, 1.165) is 29.4 Å². The average molecular weight is 217 g/mol. The van der Waals surface area contributed by atoms with Crippen molar-refractivity contribution in [1.82, 2.24) is 15.5 Å². The molecule has 0 amide bonds. The zero-order valence-electron chi connectivity index (χ0n) is 9.03. The van der Waals surface area contributed by atoms with Crippen molar-refractivity contribution in [3.8, 4) is 0 Å². The zero-order chi connectivity index (χ0) is 11.0. The van der Waals surface area contributed by atoms with Crippen LogP contribution >= 0.6 is 0 Å². The number of para-hydroxylation sites is 1. The molecule has 1 aliphatic heterocycles. The Labute approximate surface area is 93.7 Å². The van der Waals surface area contributed by atoms with Crippen molar-refractivity contribution in [3.05, 3.63) is 30.0 Å². The highest BCUT2D eigenvalue weighted by Gasteiger charge is 2.31. The lowest BCUT2D eigenvalue weighted by Crippen LogP contribution is -2.33. The van der Waals surface area contributed by atoms with E-state index in [-0.39, 0.29) is 0 Å². The van der Waals surface area contributed by atoms with Crippen LogP contribution < -0.4 is 5.32 Å². The molecule has 0 saturated carbocycles. The first-order chi connectivity index (χ1) is 7.77. The summed E-state index contributed by atoms with van der Waals surface area (Å²) in [5.74, 6) is 0. The molecule has 1 atom stereocenters. The Bertz CT molecular complexity index is 500. The van der Waals surface area contributed by atoms with E-state index in [1.165, 1.54) is 0 Å². The highest BCUT2D eigenvalue weighted by Crippen LogP contribution is 2.24. The fourth-order valence-corrected chi connectivity index (χ4v) is 2.41. The summed E-state index contributed by atoms with van der Waals surface area (Å²) in [6.07, 6.45) is 3.31. The van der Waals surface area contributed by atoms with E-state index >= 15 is 0 Å². The Hall–Kier alpha value is -1.39. The molecule has 0 radical (unpaired) electrons. The molecule has 4 nitrogen and oxygen atoms in total. The minimum absolute atomic E-state index is 0.598. The van der Waals surface area contributed by atoms with Gasteiger partial charge in [0, 0.05) is 18.4 Å². The van der Waals surface area contributed by atoms with Gasteiger partial charge in [-0.05, 0) is 18.5 Å². The van der Waals surface area contributed by atoms with Crippen LogP contribution in [0, 0.1) is 0 Å². The molecule has 4 heteroatoms. The smallest absolute Gasteiger partial charge is 0.0824 e. The number of nitrogens with one attached hydrogen (secondary N) is 2. The maximum Gasteiger partial charge on any atom is 0.0824 e. The van der Waals surface area contributed by atoms with Crippen molar-refractivity contribution in [1.29, 1.82) is 0 Å². The lowest BCUT2D eigenvalue weighted by molar-refractivity contribution is 0.0622. The first-order valence-electron chi connectivity index (χ1n) is 5.61. The van der Waals surface area contributed by atoms with Gasteiger partial charge in [0.2, 0.25) is 0 Å². The van der Waals surface area contributed by atoms with Crippen LogP contribution in [0.4, 0.5) is 0 Å². The van der Waals surface area contributed by atoms with Gasteiger partial charge in [-0.2, -0.15) is 5.10 Å². The summed E-state index contributed by atoms with van der Waals surface area (Å²) in [6.45, 7) is 1.58. The van der Waals surface area contributed by atoms with Gasteiger partial charge in [-0.1, -0.05) is 18.2 Å². The Morgan fingerprint density at radius 1 is 1.44 bits per heavy atom. The van der Waals surface area contributed by atoms with Crippen molar-refractivity contribution in [3.63, 3.8) is 0 Å². The lowest BCUT2D eigenvalue weighted by Gasteiger charge is -2.21. The molecule has 2 aromatic rings. The minimum Gasteiger partial charge on any atom is -0.388 e. The van der Waals surface area contributed by atoms with Crippen LogP contribution in [0.25, 0.3) is 10.9 Å². The molecule has 0 bridgehead atoms. The van der Waals surface area contributed by atoms with E-state index in [0.29, 0.717) is 13.0 Å². The molecular formula is C12H15N3O. The fraction of sp³-hybridized carbons (Fsp3) is 0.417. The number of aromatic amines is 1. The van der Waals surface area contributed by atoms with Gasteiger partial charge in [-0.25, -0.2) is 0 Å². The third-order valence-corrected chi connectivity index (χ3v) is 3.30. The van der Waals surface area contributed by atoms with E-state index in [1.807, 2.05) is 18.3 Å². The lowest BCUT2D eigenvalue weighted by atomic mass is 9.93. The molecule has 16 heavy (non-hydrogen) atoms. The van der Waals surface area contributed by atoms with Crippen molar-refractivity contribution < 1.29 is 5.11 Å². The predicted octanol–water partition coefficient (Wildman–Crippen LogP) is 0.830. The molecule has 1 fully saturated rings. The maximum absolute atomic E-state index is 10.3. The van der Waals surface area contributed by atoms with Crippen LogP contribution in [0.2, 0.25) is 0 Å². The number of hydrogen-bond acceptors (Lipinski definition) is 3. The topological polar surface area (TPSA) is 60.9 Å². The quantitative estimate of drug-likeness (QED) is 0.698. The van der Waals surface area contributed by atoms with Crippen LogP contribution in [-0.2, 0) is 6.42 Å². The van der Waals surface area contributed by atoms with E-state index in [1.54, 1.807) is 0 Å². The zero-order valence-corrected chi connectivity index (χ0v) is 9.03. The molecule has 1 aliphatic rings. The molecule has 3 rings (SSSR count). The van der Waals surface area contributed by atoms with Crippen molar-refractivity contribution in [2.75, 3.05) is 13.1 Å². The van der Waals surface area contributed by atoms with Crippen LogP contribution in [0.5, 0.6) is 0 Å². The summed E-state index contributed by atoms with van der Waals surface area (Å²) >= 11 is 0. The molecule has 0 aliphatic carbocycles. The summed E-state index contributed by atoms with van der Waals surface area (Å²) in [5.41, 5.74) is 1.59. The van der Waals surface area contributed by atoms with E-state index < -0.39 is 5.60 Å². The fourth-order valence-electron chi connectivity index (χ4n) is 2.41. The number of H-pyrrole nitrogens is 1. The van der Waals surface area contributed by atoms with Crippen LogP contribution in [0.15, 0.2) is 24.4 Å². The number of hydrogen-bond donors (Lipinski definition) is 3. The van der Waals surface area contributed by atoms with Gasteiger partial charge in [-0.15, -0.1) is 0 Å². The molecule has 1 aromatic carbocycles. The van der Waals surface area contributed by atoms with Gasteiger partial charge in [0.25, 0.3) is 0 Å². The molecule has 3 N–H and O–H groups in total. The summed E-state index contributed by atoms with van der Waals surface area (Å²) < 4.78 is 0. The first kappa shape index (κ1) is 9.81. The molecule has 84 valence electrons. The van der Waals surface area contributed by atoms with Crippen molar-refractivity contribution in [2.24, 2.45) is 0 Å². The summed E-state index contributed by atoms with van der Waals surface area (Å²) in [5, 5.41) is 21.7. The second kappa shape index (κ2) is 3.57. The van der Waals surface area contributed by atoms with Gasteiger partial charge >= 0.3 is 0 Å². The van der Waals surface area contributed by atoms with Crippen LogP contribution in [-0.4, -0.2) is 34.0 Å². The largest absolute Gasteiger partial charge is 0.388 e. The van der Waals surface area contributed by atoms with E-state index in [9.17, 15) is 5.11 Å². The molecule has 1 aromatic heterocycles. The highest BCUT2D eigenvalue weighted by molar-refractivity contribution is 5.81. The molecular weight excluding hydrogens is 202 g/mol. The highest BCUT2D eigenvalue weighted by atomic mass is 16.3. The number of aliphatic hydroxyl groups is 1. The Morgan fingerprint density at radius 2 is 2.38 bits per heavy atom. The SMILES string of the molecule is OC1(Cc2cccc3cn[nH]c23)CCNC1. The van der Waals surface area contributed by atoms with E-state index in [2.05, 4.69) is 21.6 Å². The minimum atomic E-state index is -0.598. The summed E-state index contributed by atoms with van der Waals surface area (Å²) in [7, 11) is 0.